The fraction of sp³-hybridized carbons (Fsp3) is 0.615. The van der Waals surface area contributed by atoms with Crippen molar-refractivity contribution in [2.24, 2.45) is 0 Å². The summed E-state index contributed by atoms with van der Waals surface area (Å²) in [7, 11) is 5.70. The number of carbonyl (C=O) groups is 1. The van der Waals surface area contributed by atoms with Gasteiger partial charge < -0.3 is 15.1 Å². The molecule has 1 amide bonds. The lowest BCUT2D eigenvalue weighted by Gasteiger charge is -2.25. The van der Waals surface area contributed by atoms with E-state index >= 15 is 0 Å². The number of carbonyl (C=O) groups excluding carboxylic acids is 1. The predicted molar refractivity (Wildman–Crippen MR) is 74.2 cm³/mol. The van der Waals surface area contributed by atoms with Gasteiger partial charge in [0.25, 0.3) is 5.91 Å². The van der Waals surface area contributed by atoms with Crippen LogP contribution in [0.4, 0.5) is 5.82 Å². The van der Waals surface area contributed by atoms with E-state index in [9.17, 15) is 4.79 Å². The molecule has 0 aromatic carbocycles. The molecule has 0 aliphatic carbocycles. The fourth-order valence-corrected chi connectivity index (χ4v) is 2.38. The lowest BCUT2D eigenvalue weighted by Crippen LogP contribution is -2.39. The maximum atomic E-state index is 12.2. The molecule has 1 atom stereocenters. The second-order valence-corrected chi connectivity index (χ2v) is 5.02. The smallest absolute Gasteiger partial charge is 0.274 e. The van der Waals surface area contributed by atoms with Crippen molar-refractivity contribution in [2.75, 3.05) is 39.5 Å². The molecule has 0 radical (unpaired) electrons. The standard InChI is InChI=1S/C13H21N5O/c1-14-12-7-6-11(15-16-12)13(19)18(3)9-10-5-4-8-17(10)2/h6-7,10H,4-5,8-9H2,1-3H3,(H,14,16). The number of nitrogens with one attached hydrogen (secondary N) is 1. The molecule has 2 rings (SSSR count). The minimum Gasteiger partial charge on any atom is -0.372 e. The Balaban J connectivity index is 1.97. The molecule has 0 spiro atoms. The maximum absolute atomic E-state index is 12.2. The second-order valence-electron chi connectivity index (χ2n) is 5.02. The van der Waals surface area contributed by atoms with Gasteiger partial charge in [-0.3, -0.25) is 4.79 Å². The summed E-state index contributed by atoms with van der Waals surface area (Å²) in [6, 6.07) is 3.92. The third kappa shape index (κ3) is 3.20. The molecule has 1 aromatic heterocycles. The van der Waals surface area contributed by atoms with Crippen molar-refractivity contribution in [1.82, 2.24) is 20.0 Å². The molecule has 1 unspecified atom stereocenters. The van der Waals surface area contributed by atoms with E-state index < -0.39 is 0 Å². The van der Waals surface area contributed by atoms with Gasteiger partial charge in [-0.15, -0.1) is 10.2 Å². The number of likely N-dealkylation sites (N-methyl/N-ethyl adjacent to an activating group) is 2. The number of amides is 1. The van der Waals surface area contributed by atoms with Crippen molar-refractivity contribution in [3.63, 3.8) is 0 Å². The van der Waals surface area contributed by atoms with E-state index in [-0.39, 0.29) is 5.91 Å². The summed E-state index contributed by atoms with van der Waals surface area (Å²) >= 11 is 0. The first-order valence-electron chi connectivity index (χ1n) is 6.59. The minimum atomic E-state index is -0.0737. The molecule has 1 aliphatic rings. The van der Waals surface area contributed by atoms with Gasteiger partial charge in [-0.2, -0.15) is 0 Å². The molecular formula is C13H21N5O. The average Bonchev–Trinajstić information content (AvgIpc) is 2.83. The van der Waals surface area contributed by atoms with Gasteiger partial charge in [-0.25, -0.2) is 0 Å². The second kappa shape index (κ2) is 5.97. The van der Waals surface area contributed by atoms with Crippen molar-refractivity contribution in [2.45, 2.75) is 18.9 Å². The van der Waals surface area contributed by atoms with Crippen LogP contribution in [0, 0.1) is 0 Å². The van der Waals surface area contributed by atoms with E-state index in [0.717, 1.165) is 19.5 Å². The fourth-order valence-electron chi connectivity index (χ4n) is 2.38. The van der Waals surface area contributed by atoms with Gasteiger partial charge in [0.2, 0.25) is 0 Å². The van der Waals surface area contributed by atoms with Crippen LogP contribution in [0.15, 0.2) is 12.1 Å². The van der Waals surface area contributed by atoms with Crippen LogP contribution in [0.1, 0.15) is 23.3 Å². The Morgan fingerprint density at radius 3 is 2.84 bits per heavy atom. The predicted octanol–water partition coefficient (Wildman–Crippen LogP) is 0.684. The van der Waals surface area contributed by atoms with Gasteiger partial charge in [0.1, 0.15) is 5.82 Å². The number of nitrogens with zero attached hydrogens (tertiary/aromatic N) is 4. The number of hydrogen-bond donors (Lipinski definition) is 1. The zero-order chi connectivity index (χ0) is 13.8. The summed E-state index contributed by atoms with van der Waals surface area (Å²) in [5.74, 6) is 0.588. The summed E-state index contributed by atoms with van der Waals surface area (Å²) in [6.45, 7) is 1.86. The number of hydrogen-bond acceptors (Lipinski definition) is 5. The SMILES string of the molecule is CNc1ccc(C(=O)N(C)CC2CCCN2C)nn1. The molecule has 1 aromatic rings. The molecule has 1 N–H and O–H groups in total. The summed E-state index contributed by atoms with van der Waals surface area (Å²) in [6.07, 6.45) is 2.36. The summed E-state index contributed by atoms with van der Waals surface area (Å²) < 4.78 is 0. The first-order valence-corrected chi connectivity index (χ1v) is 6.59. The monoisotopic (exact) mass is 263 g/mol. The van der Waals surface area contributed by atoms with E-state index in [1.165, 1.54) is 6.42 Å². The van der Waals surface area contributed by atoms with Gasteiger partial charge in [-0.05, 0) is 38.6 Å². The molecule has 1 aliphatic heterocycles. The highest BCUT2D eigenvalue weighted by molar-refractivity contribution is 5.92. The molecule has 1 saturated heterocycles. The van der Waals surface area contributed by atoms with E-state index in [1.807, 2.05) is 7.05 Å². The average molecular weight is 263 g/mol. The van der Waals surface area contributed by atoms with E-state index in [0.29, 0.717) is 17.6 Å². The number of anilines is 1. The molecule has 6 nitrogen and oxygen atoms in total. The molecule has 0 saturated carbocycles. The van der Waals surface area contributed by atoms with Crippen LogP contribution in [-0.4, -0.2) is 66.2 Å². The third-order valence-corrected chi connectivity index (χ3v) is 3.64. The normalized spacial score (nSPS) is 19.4. The zero-order valence-corrected chi connectivity index (χ0v) is 11.8. The minimum absolute atomic E-state index is 0.0737. The zero-order valence-electron chi connectivity index (χ0n) is 11.8. The van der Waals surface area contributed by atoms with Crippen LogP contribution in [0.25, 0.3) is 0 Å². The first kappa shape index (κ1) is 13.7. The molecule has 0 bridgehead atoms. The quantitative estimate of drug-likeness (QED) is 0.866. The van der Waals surface area contributed by atoms with E-state index in [2.05, 4.69) is 27.5 Å². The number of rotatable bonds is 4. The van der Waals surface area contributed by atoms with Gasteiger partial charge >= 0.3 is 0 Å². The summed E-state index contributed by atoms with van der Waals surface area (Å²) in [5.41, 5.74) is 0.391. The van der Waals surface area contributed by atoms with Crippen LogP contribution < -0.4 is 5.32 Å². The van der Waals surface area contributed by atoms with Crippen LogP contribution in [0.5, 0.6) is 0 Å². The summed E-state index contributed by atoms with van der Waals surface area (Å²) in [5, 5.41) is 10.8. The van der Waals surface area contributed by atoms with Crippen LogP contribution >= 0.6 is 0 Å². The Bertz CT molecular complexity index is 433. The van der Waals surface area contributed by atoms with Gasteiger partial charge in [0.05, 0.1) is 0 Å². The highest BCUT2D eigenvalue weighted by Crippen LogP contribution is 2.16. The number of aromatic nitrogens is 2. The van der Waals surface area contributed by atoms with Crippen LogP contribution in [-0.2, 0) is 0 Å². The first-order chi connectivity index (χ1) is 9.11. The lowest BCUT2D eigenvalue weighted by atomic mass is 10.2. The Hall–Kier alpha value is -1.69. The Morgan fingerprint density at radius 2 is 2.32 bits per heavy atom. The maximum Gasteiger partial charge on any atom is 0.274 e. The molecular weight excluding hydrogens is 242 g/mol. The highest BCUT2D eigenvalue weighted by Gasteiger charge is 2.24. The van der Waals surface area contributed by atoms with Gasteiger partial charge in [0, 0.05) is 26.7 Å². The third-order valence-electron chi connectivity index (χ3n) is 3.64. The summed E-state index contributed by atoms with van der Waals surface area (Å²) in [4.78, 5) is 16.3. The number of likely N-dealkylation sites (tertiary alicyclic amines) is 1. The molecule has 104 valence electrons. The van der Waals surface area contributed by atoms with Crippen LogP contribution in [0.3, 0.4) is 0 Å². The Labute approximate surface area is 113 Å². The largest absolute Gasteiger partial charge is 0.372 e. The lowest BCUT2D eigenvalue weighted by molar-refractivity contribution is 0.0754. The van der Waals surface area contributed by atoms with Crippen molar-refractivity contribution in [3.05, 3.63) is 17.8 Å². The Morgan fingerprint density at radius 1 is 1.53 bits per heavy atom. The van der Waals surface area contributed by atoms with Gasteiger partial charge in [-0.1, -0.05) is 0 Å². The van der Waals surface area contributed by atoms with Gasteiger partial charge in [0.15, 0.2) is 5.69 Å². The Kier molecular flexibility index (Phi) is 4.31. The highest BCUT2D eigenvalue weighted by atomic mass is 16.2. The molecule has 19 heavy (non-hydrogen) atoms. The molecule has 1 fully saturated rings. The van der Waals surface area contributed by atoms with E-state index in [1.54, 1.807) is 24.1 Å². The van der Waals surface area contributed by atoms with Crippen LogP contribution in [0.2, 0.25) is 0 Å². The van der Waals surface area contributed by atoms with Crippen molar-refractivity contribution in [3.8, 4) is 0 Å². The topological polar surface area (TPSA) is 61.4 Å². The molecule has 2 heterocycles. The van der Waals surface area contributed by atoms with Crippen molar-refractivity contribution in [1.29, 1.82) is 0 Å². The van der Waals surface area contributed by atoms with Crippen molar-refractivity contribution < 1.29 is 4.79 Å². The molecule has 6 heteroatoms. The van der Waals surface area contributed by atoms with Crippen molar-refractivity contribution >= 4 is 11.7 Å². The van der Waals surface area contributed by atoms with E-state index in [4.69, 9.17) is 0 Å².